The van der Waals surface area contributed by atoms with Gasteiger partial charge in [-0.3, -0.25) is 4.98 Å². The summed E-state index contributed by atoms with van der Waals surface area (Å²) in [7, 11) is 1.58. The number of ether oxygens (including phenoxy) is 3. The molecule has 3 rings (SSSR count). The van der Waals surface area contributed by atoms with Crippen LogP contribution in [0.1, 0.15) is 18.1 Å². The minimum atomic E-state index is -4.60. The van der Waals surface area contributed by atoms with Crippen molar-refractivity contribution in [2.24, 2.45) is 7.05 Å². The Balaban J connectivity index is 2.30. The van der Waals surface area contributed by atoms with Gasteiger partial charge < -0.3 is 18.8 Å². The van der Waals surface area contributed by atoms with Crippen molar-refractivity contribution in [1.82, 2.24) is 19.5 Å². The molecule has 13 heteroatoms. The van der Waals surface area contributed by atoms with E-state index in [1.165, 1.54) is 52.1 Å². The highest BCUT2D eigenvalue weighted by molar-refractivity contribution is 7.91. The van der Waals surface area contributed by atoms with E-state index in [4.69, 9.17) is 14.2 Å². The number of sulfone groups is 1. The molecule has 0 aliphatic carbocycles. The van der Waals surface area contributed by atoms with Crippen LogP contribution in [0.15, 0.2) is 29.4 Å². The number of nitrogens with zero attached hydrogens (tertiary/aromatic N) is 4. The average molecular weight is 474 g/mol. The van der Waals surface area contributed by atoms with Crippen LogP contribution in [0.4, 0.5) is 13.2 Å². The molecule has 0 saturated heterocycles. The van der Waals surface area contributed by atoms with Crippen LogP contribution in [0.2, 0.25) is 0 Å². The molecule has 0 unspecified atom stereocenters. The van der Waals surface area contributed by atoms with E-state index in [1.54, 1.807) is 0 Å². The molecule has 0 radical (unpaired) electrons. The second-order valence-corrected chi connectivity index (χ2v) is 8.95. The fraction of sp³-hybridized carbons (Fsp3) is 0.421. The lowest BCUT2D eigenvalue weighted by Crippen LogP contribution is -2.33. The highest BCUT2D eigenvalue weighted by Crippen LogP contribution is 2.35. The molecule has 3 heterocycles. The Bertz CT molecular complexity index is 1250. The molecule has 0 N–H and O–H groups in total. The van der Waals surface area contributed by atoms with Crippen LogP contribution in [0, 0.1) is 0 Å². The molecule has 32 heavy (non-hydrogen) atoms. The monoisotopic (exact) mass is 474 g/mol. The Labute approximate surface area is 182 Å². The predicted molar refractivity (Wildman–Crippen MR) is 107 cm³/mol. The zero-order valence-corrected chi connectivity index (χ0v) is 18.7. The third-order valence-electron chi connectivity index (χ3n) is 4.98. The largest absolute Gasteiger partial charge is 0.417 e. The van der Waals surface area contributed by atoms with Crippen molar-refractivity contribution in [3.05, 3.63) is 35.7 Å². The molecule has 0 amide bonds. The van der Waals surface area contributed by atoms with Gasteiger partial charge in [0.15, 0.2) is 21.3 Å². The summed E-state index contributed by atoms with van der Waals surface area (Å²) in [6, 6.07) is 2.13. The standard InChI is InChI=1S/C19H21F3N4O5S/c1-6-32(27,28)14-8-12(19(29-3,30-4)31-5)10-23-15(14)17-25-13-7-11(18(20,21)22)9-24-16(13)26(17)2/h7-10H,6H2,1-5H3. The van der Waals surface area contributed by atoms with E-state index in [9.17, 15) is 21.6 Å². The number of hydrogen-bond acceptors (Lipinski definition) is 8. The van der Waals surface area contributed by atoms with Crippen molar-refractivity contribution in [2.45, 2.75) is 24.0 Å². The molecule has 0 atom stereocenters. The molecule has 0 aliphatic rings. The van der Waals surface area contributed by atoms with Gasteiger partial charge in [-0.15, -0.1) is 0 Å². The van der Waals surface area contributed by atoms with Gasteiger partial charge >= 0.3 is 12.1 Å². The minimum Gasteiger partial charge on any atom is -0.327 e. The van der Waals surface area contributed by atoms with Gasteiger partial charge in [0.25, 0.3) is 0 Å². The molecule has 0 aliphatic heterocycles. The lowest BCUT2D eigenvalue weighted by molar-refractivity contribution is -0.364. The van der Waals surface area contributed by atoms with Crippen LogP contribution in [0.25, 0.3) is 22.7 Å². The number of alkyl halides is 3. The van der Waals surface area contributed by atoms with E-state index >= 15 is 0 Å². The Hall–Kier alpha value is -2.61. The fourth-order valence-corrected chi connectivity index (χ4v) is 4.28. The molecule has 174 valence electrons. The molecule has 0 bridgehead atoms. The molecule has 0 spiro atoms. The SMILES string of the molecule is CCS(=O)(=O)c1cc(C(OC)(OC)OC)cnc1-c1nc2cc(C(F)(F)F)cnc2n1C. The fourth-order valence-electron chi connectivity index (χ4n) is 3.22. The minimum absolute atomic E-state index is 0.0308. The van der Waals surface area contributed by atoms with E-state index in [2.05, 4.69) is 15.0 Å². The van der Waals surface area contributed by atoms with Gasteiger partial charge in [-0.1, -0.05) is 6.92 Å². The van der Waals surface area contributed by atoms with Crippen LogP contribution >= 0.6 is 0 Å². The van der Waals surface area contributed by atoms with Crippen LogP contribution in [-0.2, 0) is 43.2 Å². The van der Waals surface area contributed by atoms with Crippen LogP contribution in [0.5, 0.6) is 0 Å². The van der Waals surface area contributed by atoms with Crippen molar-refractivity contribution in [3.63, 3.8) is 0 Å². The summed E-state index contributed by atoms with van der Waals surface area (Å²) in [6.45, 7) is 1.45. The van der Waals surface area contributed by atoms with Crippen molar-refractivity contribution >= 4 is 21.0 Å². The summed E-state index contributed by atoms with van der Waals surface area (Å²) in [5, 5.41) is 0. The Morgan fingerprint density at radius 1 is 1.00 bits per heavy atom. The number of fused-ring (bicyclic) bond motifs is 1. The van der Waals surface area contributed by atoms with Gasteiger partial charge in [-0.05, 0) is 12.1 Å². The molecule has 3 aromatic rings. The molecule has 0 fully saturated rings. The van der Waals surface area contributed by atoms with Crippen LogP contribution in [-0.4, -0.2) is 55.0 Å². The number of methoxy groups -OCH3 is 3. The third kappa shape index (κ3) is 3.96. The summed E-state index contributed by atoms with van der Waals surface area (Å²) < 4.78 is 82.2. The topological polar surface area (TPSA) is 105 Å². The smallest absolute Gasteiger partial charge is 0.327 e. The van der Waals surface area contributed by atoms with Crippen molar-refractivity contribution in [1.29, 1.82) is 0 Å². The van der Waals surface area contributed by atoms with Crippen LogP contribution < -0.4 is 0 Å². The lowest BCUT2D eigenvalue weighted by atomic mass is 10.2. The lowest BCUT2D eigenvalue weighted by Gasteiger charge is -2.29. The van der Waals surface area contributed by atoms with Gasteiger partial charge in [0.2, 0.25) is 0 Å². The summed E-state index contributed by atoms with van der Waals surface area (Å²) in [5.74, 6) is -1.94. The Kier molecular flexibility index (Phi) is 6.30. The molecular formula is C19H21F3N4O5S. The highest BCUT2D eigenvalue weighted by Gasteiger charge is 2.36. The maximum Gasteiger partial charge on any atom is 0.417 e. The molecule has 0 aromatic carbocycles. The number of rotatable bonds is 7. The van der Waals surface area contributed by atoms with Gasteiger partial charge in [-0.25, -0.2) is 18.4 Å². The number of hydrogen-bond donors (Lipinski definition) is 0. The quantitative estimate of drug-likeness (QED) is 0.482. The number of aryl methyl sites for hydroxylation is 1. The molecule has 9 nitrogen and oxygen atoms in total. The third-order valence-corrected chi connectivity index (χ3v) is 6.72. The van der Waals surface area contributed by atoms with E-state index < -0.39 is 27.6 Å². The first-order valence-corrected chi connectivity index (χ1v) is 10.9. The van der Waals surface area contributed by atoms with Gasteiger partial charge in [0.1, 0.15) is 11.2 Å². The summed E-state index contributed by atoms with van der Waals surface area (Å²) in [4.78, 5) is 12.1. The van der Waals surface area contributed by atoms with Gasteiger partial charge in [0.05, 0.1) is 21.8 Å². The highest BCUT2D eigenvalue weighted by atomic mass is 32.2. The summed E-state index contributed by atoms with van der Waals surface area (Å²) >= 11 is 0. The normalized spacial score (nSPS) is 13.1. The molecule has 3 aromatic heterocycles. The van der Waals surface area contributed by atoms with Gasteiger partial charge in [0, 0.05) is 40.8 Å². The Morgan fingerprint density at radius 2 is 1.59 bits per heavy atom. The molecule has 0 saturated carbocycles. The Morgan fingerprint density at radius 3 is 2.12 bits per heavy atom. The van der Waals surface area contributed by atoms with Crippen molar-refractivity contribution < 1.29 is 35.8 Å². The number of pyridine rings is 2. The van der Waals surface area contributed by atoms with Gasteiger partial charge in [-0.2, -0.15) is 13.2 Å². The van der Waals surface area contributed by atoms with Crippen molar-refractivity contribution in [2.75, 3.05) is 27.1 Å². The first-order chi connectivity index (χ1) is 14.9. The maximum atomic E-state index is 13.1. The van der Waals surface area contributed by atoms with Crippen LogP contribution in [0.3, 0.4) is 0 Å². The number of aromatic nitrogens is 4. The summed E-state index contributed by atoms with van der Waals surface area (Å²) in [5.41, 5.74) is -0.773. The van der Waals surface area contributed by atoms with E-state index in [0.717, 1.165) is 6.07 Å². The number of halogens is 3. The second kappa shape index (κ2) is 8.39. The average Bonchev–Trinajstić information content (AvgIpc) is 3.10. The summed E-state index contributed by atoms with van der Waals surface area (Å²) in [6.07, 6.45) is -2.62. The first-order valence-electron chi connectivity index (χ1n) is 9.22. The van der Waals surface area contributed by atoms with Crippen molar-refractivity contribution in [3.8, 4) is 11.5 Å². The first kappa shape index (κ1) is 24.0. The van der Waals surface area contributed by atoms with E-state index in [1.807, 2.05) is 0 Å². The predicted octanol–water partition coefficient (Wildman–Crippen LogP) is 2.89. The van der Waals surface area contributed by atoms with E-state index in [0.29, 0.717) is 6.20 Å². The molecular weight excluding hydrogens is 453 g/mol. The zero-order chi connectivity index (χ0) is 23.9. The second-order valence-electron chi connectivity index (χ2n) is 6.70. The maximum absolute atomic E-state index is 13.1. The number of imidazole rings is 1. The van der Waals surface area contributed by atoms with E-state index in [-0.39, 0.29) is 38.9 Å². The zero-order valence-electron chi connectivity index (χ0n) is 17.9.